The summed E-state index contributed by atoms with van der Waals surface area (Å²) in [6.45, 7) is 9.11. The second-order valence-electron chi connectivity index (χ2n) is 20.3. The fraction of sp³-hybridized carbons (Fsp3) is 0.948. The summed E-state index contributed by atoms with van der Waals surface area (Å²) in [5, 5.41) is 35.4. The number of rotatable bonds is 51. The van der Waals surface area contributed by atoms with Gasteiger partial charge < -0.3 is 20.4 Å². The van der Waals surface area contributed by atoms with E-state index in [2.05, 4.69) is 27.7 Å². The summed E-state index contributed by atoms with van der Waals surface area (Å²) in [6, 6.07) is 0. The van der Waals surface area contributed by atoms with E-state index in [1.807, 2.05) is 0 Å². The van der Waals surface area contributed by atoms with Crippen molar-refractivity contribution < 1.29 is 34.8 Å². The predicted molar refractivity (Wildman–Crippen MR) is 281 cm³/mol. The fourth-order valence-electron chi connectivity index (χ4n) is 8.62. The van der Waals surface area contributed by atoms with Gasteiger partial charge in [-0.15, -0.1) is 0 Å². The number of carboxylic acid groups (broad SMARTS) is 3. The molecule has 1 unspecified atom stereocenters. The summed E-state index contributed by atoms with van der Waals surface area (Å²) in [5.41, 5.74) is 0. The van der Waals surface area contributed by atoms with Crippen LogP contribution in [-0.2, 0) is 14.4 Å². The van der Waals surface area contributed by atoms with Crippen LogP contribution in [0, 0.1) is 5.92 Å². The second-order valence-corrected chi connectivity index (χ2v) is 20.3. The monoisotopic (exact) mass is 925 g/mol. The smallest absolute Gasteiger partial charge is 0.303 e. The van der Waals surface area contributed by atoms with E-state index in [4.69, 9.17) is 15.3 Å². The average molecular weight is 926 g/mol. The highest BCUT2D eigenvalue weighted by Crippen LogP contribution is 2.18. The molecular weight excluding hydrogens is 809 g/mol. The lowest BCUT2D eigenvalue weighted by atomic mass is 10.0. The number of aliphatic hydroxyl groups is 1. The van der Waals surface area contributed by atoms with Crippen LogP contribution in [0.15, 0.2) is 0 Å². The SMILES string of the molecule is CC(C)CCCCCCCCCCCCCCC(=O)O.CCCCCCC(O)CCCCCCCCCCC(=O)O.CCCCCCCCCCCCCCCCCCCCCC(=O)O. The Labute approximate surface area is 405 Å². The maximum Gasteiger partial charge on any atom is 0.303 e. The molecule has 0 saturated carbocycles. The van der Waals surface area contributed by atoms with E-state index in [0.29, 0.717) is 19.3 Å². The zero-order chi connectivity index (χ0) is 48.5. The molecule has 0 aliphatic carbocycles. The first kappa shape index (κ1) is 67.6. The van der Waals surface area contributed by atoms with Crippen LogP contribution < -0.4 is 0 Å². The first-order valence-electron chi connectivity index (χ1n) is 28.9. The van der Waals surface area contributed by atoms with Crippen LogP contribution in [0.25, 0.3) is 0 Å². The highest BCUT2D eigenvalue weighted by molar-refractivity contribution is 5.67. The van der Waals surface area contributed by atoms with E-state index >= 15 is 0 Å². The molecule has 0 amide bonds. The van der Waals surface area contributed by atoms with Crippen molar-refractivity contribution in [3.05, 3.63) is 0 Å². The molecule has 0 rings (SSSR count). The van der Waals surface area contributed by atoms with Crippen LogP contribution in [0.2, 0.25) is 0 Å². The number of hydrogen-bond acceptors (Lipinski definition) is 4. The van der Waals surface area contributed by atoms with E-state index in [1.165, 1.54) is 231 Å². The quantitative estimate of drug-likeness (QED) is 0.0447. The standard InChI is InChI=1S/C22H44O2.C18H36O3.C18H36O2/c1-2-3-4-5-6-7-8-9-10-11-12-13-14-15-16-17-18-19-20-21-22(23)24;1-2-3-4-11-14-17(19)15-12-9-7-5-6-8-10-13-16-18(20)21;1-17(2)15-13-11-9-7-5-3-4-6-8-10-12-14-16-18(19)20/h2-21H2,1H3,(H,23,24);17,19H,2-16H2,1H3,(H,20,21);17H,3-16H2,1-2H3,(H,19,20). The third kappa shape index (κ3) is 74.1. The largest absolute Gasteiger partial charge is 0.481 e. The molecule has 0 bridgehead atoms. The van der Waals surface area contributed by atoms with Crippen LogP contribution >= 0.6 is 0 Å². The minimum atomic E-state index is -0.678. The highest BCUT2D eigenvalue weighted by atomic mass is 16.4. The Morgan fingerprint density at radius 1 is 0.277 bits per heavy atom. The number of carboxylic acids is 3. The molecular formula is C58H116O7. The van der Waals surface area contributed by atoms with Gasteiger partial charge in [0.25, 0.3) is 0 Å². The molecule has 0 fully saturated rings. The van der Waals surface area contributed by atoms with E-state index in [0.717, 1.165) is 70.1 Å². The van der Waals surface area contributed by atoms with Gasteiger partial charge in [0.15, 0.2) is 0 Å². The van der Waals surface area contributed by atoms with Gasteiger partial charge in [0.1, 0.15) is 0 Å². The number of aliphatic carboxylic acids is 3. The number of hydrogen-bond donors (Lipinski definition) is 4. The van der Waals surface area contributed by atoms with Gasteiger partial charge in [-0.25, -0.2) is 0 Å². The number of carbonyl (C=O) groups is 3. The van der Waals surface area contributed by atoms with Gasteiger partial charge in [-0.2, -0.15) is 0 Å². The summed E-state index contributed by atoms with van der Waals surface area (Å²) in [5.74, 6) is -1.12. The van der Waals surface area contributed by atoms with Crippen molar-refractivity contribution in [3.8, 4) is 0 Å². The van der Waals surface area contributed by atoms with Crippen molar-refractivity contribution in [2.24, 2.45) is 5.92 Å². The topological polar surface area (TPSA) is 132 Å². The van der Waals surface area contributed by atoms with Gasteiger partial charge in [-0.05, 0) is 38.0 Å². The van der Waals surface area contributed by atoms with Crippen LogP contribution in [0.1, 0.15) is 342 Å². The van der Waals surface area contributed by atoms with Crippen molar-refractivity contribution >= 4 is 17.9 Å². The Balaban J connectivity index is -0.000000891. The van der Waals surface area contributed by atoms with Crippen molar-refractivity contribution in [2.45, 2.75) is 348 Å². The van der Waals surface area contributed by atoms with E-state index in [-0.39, 0.29) is 6.10 Å². The highest BCUT2D eigenvalue weighted by Gasteiger charge is 2.04. The molecule has 1 atom stereocenters. The minimum absolute atomic E-state index is 0.0853. The Hall–Kier alpha value is -1.63. The third-order valence-corrected chi connectivity index (χ3v) is 13.0. The molecule has 0 aromatic rings. The summed E-state index contributed by atoms with van der Waals surface area (Å²) in [4.78, 5) is 31.1. The van der Waals surface area contributed by atoms with Gasteiger partial charge in [-0.3, -0.25) is 14.4 Å². The molecule has 65 heavy (non-hydrogen) atoms. The summed E-state index contributed by atoms with van der Waals surface area (Å²) < 4.78 is 0. The lowest BCUT2D eigenvalue weighted by molar-refractivity contribution is -0.138. The van der Waals surface area contributed by atoms with Crippen LogP contribution in [0.3, 0.4) is 0 Å². The molecule has 0 radical (unpaired) electrons. The molecule has 0 saturated heterocycles. The van der Waals surface area contributed by atoms with Crippen molar-refractivity contribution in [3.63, 3.8) is 0 Å². The van der Waals surface area contributed by atoms with E-state index in [1.54, 1.807) is 0 Å². The molecule has 0 aliphatic heterocycles. The maximum absolute atomic E-state index is 10.4. The molecule has 7 nitrogen and oxygen atoms in total. The average Bonchev–Trinajstić information content (AvgIpc) is 3.26. The molecule has 390 valence electrons. The fourth-order valence-corrected chi connectivity index (χ4v) is 8.62. The Kier molecular flexibility index (Phi) is 62.8. The number of aliphatic hydroxyl groups excluding tert-OH is 1. The van der Waals surface area contributed by atoms with Gasteiger partial charge >= 0.3 is 17.9 Å². The van der Waals surface area contributed by atoms with Crippen molar-refractivity contribution in [1.29, 1.82) is 0 Å². The Bertz CT molecular complexity index is 922. The zero-order valence-electron chi connectivity index (χ0n) is 44.3. The van der Waals surface area contributed by atoms with E-state index < -0.39 is 17.9 Å². The van der Waals surface area contributed by atoms with Crippen molar-refractivity contribution in [2.75, 3.05) is 0 Å². The summed E-state index contributed by atoms with van der Waals surface area (Å²) in [7, 11) is 0. The van der Waals surface area contributed by atoms with E-state index in [9.17, 15) is 19.5 Å². The molecule has 7 heteroatoms. The van der Waals surface area contributed by atoms with Gasteiger partial charge in [-0.1, -0.05) is 291 Å². The first-order valence-corrected chi connectivity index (χ1v) is 28.9. The van der Waals surface area contributed by atoms with Crippen LogP contribution in [0.4, 0.5) is 0 Å². The Morgan fingerprint density at radius 3 is 0.646 bits per heavy atom. The zero-order valence-corrected chi connectivity index (χ0v) is 44.3. The van der Waals surface area contributed by atoms with Gasteiger partial charge in [0.2, 0.25) is 0 Å². The maximum atomic E-state index is 10.4. The van der Waals surface area contributed by atoms with Crippen LogP contribution in [-0.4, -0.2) is 44.4 Å². The lowest BCUT2D eigenvalue weighted by Crippen LogP contribution is -2.05. The Morgan fingerprint density at radius 2 is 0.446 bits per heavy atom. The first-order chi connectivity index (χ1) is 31.6. The summed E-state index contributed by atoms with van der Waals surface area (Å²) in [6.07, 6.45) is 59.7. The van der Waals surface area contributed by atoms with Crippen molar-refractivity contribution in [1.82, 2.24) is 0 Å². The molecule has 0 spiro atoms. The molecule has 4 N–H and O–H groups in total. The lowest BCUT2D eigenvalue weighted by Gasteiger charge is -2.10. The van der Waals surface area contributed by atoms with Crippen LogP contribution in [0.5, 0.6) is 0 Å². The molecule has 0 aliphatic rings. The predicted octanol–water partition coefficient (Wildman–Crippen LogP) is 19.4. The summed E-state index contributed by atoms with van der Waals surface area (Å²) >= 11 is 0. The van der Waals surface area contributed by atoms with Gasteiger partial charge in [0, 0.05) is 19.3 Å². The molecule has 0 aromatic heterocycles. The van der Waals surface area contributed by atoms with Gasteiger partial charge in [0.05, 0.1) is 6.10 Å². The third-order valence-electron chi connectivity index (χ3n) is 13.0. The second kappa shape index (κ2) is 60.4. The normalized spacial score (nSPS) is 11.5. The minimum Gasteiger partial charge on any atom is -0.481 e. The molecule has 0 heterocycles. The number of unbranched alkanes of at least 4 members (excludes halogenated alkanes) is 39. The molecule has 0 aromatic carbocycles.